The van der Waals surface area contributed by atoms with Crippen molar-refractivity contribution in [3.8, 4) is 11.5 Å². The average Bonchev–Trinajstić information content (AvgIpc) is 3.19. The number of ether oxygens (including phenoxy) is 2. The normalized spacial score (nSPS) is 12.1. The second-order valence-electron chi connectivity index (χ2n) is 6.50. The van der Waals surface area contributed by atoms with Crippen LogP contribution in [0.15, 0.2) is 53.8 Å². The van der Waals surface area contributed by atoms with E-state index in [2.05, 4.69) is 40.4 Å². The molecule has 1 aliphatic heterocycles. The van der Waals surface area contributed by atoms with Crippen molar-refractivity contribution in [3.63, 3.8) is 0 Å². The first-order valence-electron chi connectivity index (χ1n) is 8.96. The maximum absolute atomic E-state index is 12.6. The van der Waals surface area contributed by atoms with Crippen LogP contribution in [0.4, 0.5) is 0 Å². The van der Waals surface area contributed by atoms with E-state index in [1.165, 1.54) is 29.1 Å². The Hall–Kier alpha value is -2.77. The molecule has 0 bridgehead atoms. The first-order valence-corrected chi connectivity index (χ1v) is 10.3. The Bertz CT molecular complexity index is 1060. The molecule has 6 nitrogen and oxygen atoms in total. The van der Waals surface area contributed by atoms with Gasteiger partial charge >= 0.3 is 0 Å². The van der Waals surface area contributed by atoms with Gasteiger partial charge in [-0.1, -0.05) is 59.3 Å². The van der Waals surface area contributed by atoms with Crippen molar-refractivity contribution in [2.45, 2.75) is 24.4 Å². The average molecular weight is 428 g/mol. The van der Waals surface area contributed by atoms with Crippen molar-refractivity contribution in [1.82, 2.24) is 15.3 Å². The van der Waals surface area contributed by atoms with Gasteiger partial charge in [-0.25, -0.2) is 9.97 Å². The van der Waals surface area contributed by atoms with Crippen molar-refractivity contribution in [3.05, 3.63) is 76.1 Å². The maximum Gasteiger partial charge on any atom is 0.271 e. The first-order chi connectivity index (χ1) is 14.1. The third-order valence-electron chi connectivity index (χ3n) is 4.28. The summed E-state index contributed by atoms with van der Waals surface area (Å²) in [4.78, 5) is 21.2. The van der Waals surface area contributed by atoms with Crippen LogP contribution in [0.1, 0.15) is 27.2 Å². The van der Waals surface area contributed by atoms with Gasteiger partial charge in [-0.05, 0) is 30.2 Å². The van der Waals surface area contributed by atoms with Gasteiger partial charge in [-0.3, -0.25) is 4.79 Å². The minimum atomic E-state index is -0.354. The monoisotopic (exact) mass is 427 g/mol. The number of carbonyl (C=O) groups excluding carboxylic acids is 1. The van der Waals surface area contributed by atoms with Gasteiger partial charge in [0.15, 0.2) is 22.3 Å². The summed E-state index contributed by atoms with van der Waals surface area (Å²) in [5, 5.41) is 3.56. The number of benzene rings is 2. The molecule has 0 saturated carbocycles. The zero-order valence-electron chi connectivity index (χ0n) is 15.6. The quantitative estimate of drug-likeness (QED) is 0.464. The maximum atomic E-state index is 12.6. The van der Waals surface area contributed by atoms with Crippen molar-refractivity contribution in [2.24, 2.45) is 0 Å². The number of carbonyl (C=O) groups is 1. The second kappa shape index (κ2) is 8.71. The van der Waals surface area contributed by atoms with Crippen molar-refractivity contribution >= 4 is 29.3 Å². The predicted molar refractivity (Wildman–Crippen MR) is 112 cm³/mol. The summed E-state index contributed by atoms with van der Waals surface area (Å²) >= 11 is 7.62. The highest BCUT2D eigenvalue weighted by molar-refractivity contribution is 7.98. The zero-order valence-corrected chi connectivity index (χ0v) is 17.2. The van der Waals surface area contributed by atoms with Gasteiger partial charge in [0.05, 0.1) is 11.2 Å². The SMILES string of the molecule is Cc1cccc(CSc2ncc(Cl)c(C(=O)NCc3ccc4c(c3)OCO4)n2)c1. The summed E-state index contributed by atoms with van der Waals surface area (Å²) in [6, 6.07) is 13.8. The molecule has 0 radical (unpaired) electrons. The van der Waals surface area contributed by atoms with E-state index in [9.17, 15) is 4.79 Å². The van der Waals surface area contributed by atoms with Gasteiger partial charge < -0.3 is 14.8 Å². The molecule has 0 unspecified atom stereocenters. The molecule has 3 aromatic rings. The molecule has 0 atom stereocenters. The van der Waals surface area contributed by atoms with Crippen LogP contribution in [0.2, 0.25) is 5.02 Å². The molecule has 148 valence electrons. The lowest BCUT2D eigenvalue weighted by molar-refractivity contribution is 0.0945. The highest BCUT2D eigenvalue weighted by atomic mass is 35.5. The molecular formula is C21H18ClN3O3S. The highest BCUT2D eigenvalue weighted by Crippen LogP contribution is 2.32. The van der Waals surface area contributed by atoms with E-state index in [0.717, 1.165) is 5.56 Å². The number of hydrogen-bond acceptors (Lipinski definition) is 6. The van der Waals surface area contributed by atoms with Gasteiger partial charge in [0, 0.05) is 12.3 Å². The molecule has 1 aromatic heterocycles. The fraction of sp³-hybridized carbons (Fsp3) is 0.190. The van der Waals surface area contributed by atoms with Crippen LogP contribution in [0.5, 0.6) is 11.5 Å². The minimum absolute atomic E-state index is 0.161. The van der Waals surface area contributed by atoms with Crippen molar-refractivity contribution in [1.29, 1.82) is 0 Å². The summed E-state index contributed by atoms with van der Waals surface area (Å²) in [5.74, 6) is 1.73. The Morgan fingerprint density at radius 3 is 2.90 bits per heavy atom. The number of amides is 1. The largest absolute Gasteiger partial charge is 0.454 e. The lowest BCUT2D eigenvalue weighted by atomic mass is 10.2. The predicted octanol–water partition coefficient (Wildman–Crippen LogP) is 4.39. The Kier molecular flexibility index (Phi) is 5.87. The van der Waals surface area contributed by atoms with Gasteiger partial charge in [-0.15, -0.1) is 0 Å². The van der Waals surface area contributed by atoms with Crippen LogP contribution in [0, 0.1) is 6.92 Å². The first kappa shape index (κ1) is 19.5. The third kappa shape index (κ3) is 4.81. The number of fused-ring (bicyclic) bond motifs is 1. The molecule has 29 heavy (non-hydrogen) atoms. The molecule has 4 rings (SSSR count). The Labute approximate surface area is 177 Å². The van der Waals surface area contributed by atoms with Gasteiger partial charge in [0.25, 0.3) is 5.91 Å². The van der Waals surface area contributed by atoms with Crippen LogP contribution in [0.25, 0.3) is 0 Å². The van der Waals surface area contributed by atoms with E-state index in [4.69, 9.17) is 21.1 Å². The molecule has 0 saturated heterocycles. The summed E-state index contributed by atoms with van der Waals surface area (Å²) < 4.78 is 10.6. The van der Waals surface area contributed by atoms with Crippen LogP contribution in [0.3, 0.4) is 0 Å². The molecule has 2 aromatic carbocycles. The highest BCUT2D eigenvalue weighted by Gasteiger charge is 2.16. The molecule has 0 spiro atoms. The van der Waals surface area contributed by atoms with Crippen LogP contribution >= 0.6 is 23.4 Å². The van der Waals surface area contributed by atoms with Crippen LogP contribution < -0.4 is 14.8 Å². The minimum Gasteiger partial charge on any atom is -0.454 e. The smallest absolute Gasteiger partial charge is 0.271 e. The van der Waals surface area contributed by atoms with E-state index < -0.39 is 0 Å². The number of aromatic nitrogens is 2. The molecule has 1 aliphatic rings. The fourth-order valence-electron chi connectivity index (χ4n) is 2.85. The zero-order chi connectivity index (χ0) is 20.2. The number of hydrogen-bond donors (Lipinski definition) is 1. The summed E-state index contributed by atoms with van der Waals surface area (Å²) in [6.07, 6.45) is 1.46. The summed E-state index contributed by atoms with van der Waals surface area (Å²) in [6.45, 7) is 2.59. The van der Waals surface area contributed by atoms with Crippen molar-refractivity contribution in [2.75, 3.05) is 6.79 Å². The summed E-state index contributed by atoms with van der Waals surface area (Å²) in [5.41, 5.74) is 3.42. The van der Waals surface area contributed by atoms with E-state index >= 15 is 0 Å². The molecule has 0 fully saturated rings. The topological polar surface area (TPSA) is 73.3 Å². The lowest BCUT2D eigenvalue weighted by Crippen LogP contribution is -2.24. The van der Waals surface area contributed by atoms with E-state index in [1.807, 2.05) is 24.3 Å². The Morgan fingerprint density at radius 1 is 1.17 bits per heavy atom. The van der Waals surface area contributed by atoms with Gasteiger partial charge in [0.2, 0.25) is 6.79 Å². The van der Waals surface area contributed by atoms with Crippen molar-refractivity contribution < 1.29 is 14.3 Å². The van der Waals surface area contributed by atoms with Crippen LogP contribution in [-0.4, -0.2) is 22.7 Å². The lowest BCUT2D eigenvalue weighted by Gasteiger charge is -2.08. The number of halogens is 1. The molecule has 2 heterocycles. The number of aryl methyl sites for hydroxylation is 1. The Balaban J connectivity index is 1.40. The Morgan fingerprint density at radius 2 is 2.03 bits per heavy atom. The van der Waals surface area contributed by atoms with Gasteiger partial charge in [-0.2, -0.15) is 0 Å². The number of nitrogens with zero attached hydrogens (tertiary/aromatic N) is 2. The number of thioether (sulfide) groups is 1. The molecule has 1 amide bonds. The van der Waals surface area contributed by atoms with Gasteiger partial charge in [0.1, 0.15) is 0 Å². The third-order valence-corrected chi connectivity index (χ3v) is 5.49. The molecule has 8 heteroatoms. The second-order valence-corrected chi connectivity index (χ2v) is 7.85. The molecular weight excluding hydrogens is 410 g/mol. The number of nitrogens with one attached hydrogen (secondary N) is 1. The van der Waals surface area contributed by atoms with Crippen LogP contribution in [-0.2, 0) is 12.3 Å². The summed E-state index contributed by atoms with van der Waals surface area (Å²) in [7, 11) is 0. The van der Waals surface area contributed by atoms with E-state index in [-0.39, 0.29) is 23.4 Å². The fourth-order valence-corrected chi connectivity index (χ4v) is 3.78. The number of rotatable bonds is 6. The molecule has 1 N–H and O–H groups in total. The van der Waals surface area contributed by atoms with E-state index in [1.54, 1.807) is 0 Å². The molecule has 0 aliphatic carbocycles. The standard InChI is InChI=1S/C21H18ClN3O3S/c1-13-3-2-4-15(7-13)11-29-21-24-10-16(22)19(25-21)20(26)23-9-14-5-6-17-18(8-14)28-12-27-17/h2-8,10H,9,11-12H2,1H3,(H,23,26). The van der Waals surface area contributed by atoms with E-state index in [0.29, 0.717) is 29.0 Å².